The molecule has 0 unspecified atom stereocenters. The summed E-state index contributed by atoms with van der Waals surface area (Å²) in [4.78, 5) is 25.9. The Balaban J connectivity index is 2.27. The maximum absolute atomic E-state index is 13.7. The van der Waals surface area contributed by atoms with Crippen LogP contribution in [0.4, 0.5) is 15.8 Å². The first-order valence-electron chi connectivity index (χ1n) is 8.12. The molecule has 25 heavy (non-hydrogen) atoms. The number of benzene rings is 2. The number of rotatable bonds is 4. The molecule has 0 fully saturated rings. The summed E-state index contributed by atoms with van der Waals surface area (Å²) in [5.41, 5.74) is 1.56. The molecule has 5 heteroatoms. The van der Waals surface area contributed by atoms with Crippen LogP contribution in [0.15, 0.2) is 48.5 Å². The van der Waals surface area contributed by atoms with Crippen molar-refractivity contribution in [3.8, 4) is 0 Å². The van der Waals surface area contributed by atoms with E-state index in [9.17, 15) is 14.0 Å². The summed E-state index contributed by atoms with van der Waals surface area (Å²) in [6.07, 6.45) is 0. The van der Waals surface area contributed by atoms with Gasteiger partial charge < -0.3 is 10.2 Å². The normalized spacial score (nSPS) is 11.1. The summed E-state index contributed by atoms with van der Waals surface area (Å²) in [5.74, 6) is -1.22. The number of para-hydroxylation sites is 2. The molecule has 2 rings (SSSR count). The zero-order valence-electron chi connectivity index (χ0n) is 15.0. The Bertz CT molecular complexity index is 781. The van der Waals surface area contributed by atoms with Crippen molar-refractivity contribution in [2.24, 2.45) is 0 Å². The van der Waals surface area contributed by atoms with Crippen molar-refractivity contribution in [2.75, 3.05) is 16.8 Å². The van der Waals surface area contributed by atoms with Gasteiger partial charge in [0.15, 0.2) is 0 Å². The van der Waals surface area contributed by atoms with E-state index in [1.807, 2.05) is 45.0 Å². The SMILES string of the molecule is CC(=O)N(CC(=O)Nc1ccccc1F)c1ccccc1C(C)(C)C. The lowest BCUT2D eigenvalue weighted by Crippen LogP contribution is -2.38. The summed E-state index contributed by atoms with van der Waals surface area (Å²) in [6.45, 7) is 7.36. The molecule has 0 atom stereocenters. The minimum atomic E-state index is -0.514. The number of carbonyl (C=O) groups excluding carboxylic acids is 2. The van der Waals surface area contributed by atoms with Crippen LogP contribution in [-0.2, 0) is 15.0 Å². The number of hydrogen-bond acceptors (Lipinski definition) is 2. The number of anilines is 2. The van der Waals surface area contributed by atoms with Gasteiger partial charge in [-0.25, -0.2) is 4.39 Å². The molecule has 0 radical (unpaired) electrons. The Hall–Kier alpha value is -2.69. The van der Waals surface area contributed by atoms with Crippen LogP contribution in [0.25, 0.3) is 0 Å². The highest BCUT2D eigenvalue weighted by Crippen LogP contribution is 2.32. The molecule has 0 bridgehead atoms. The number of nitrogens with zero attached hydrogens (tertiary/aromatic N) is 1. The fraction of sp³-hybridized carbons (Fsp3) is 0.300. The molecule has 1 N–H and O–H groups in total. The van der Waals surface area contributed by atoms with Crippen LogP contribution in [0.5, 0.6) is 0 Å². The third-order valence-corrected chi connectivity index (χ3v) is 3.83. The summed E-state index contributed by atoms with van der Waals surface area (Å²) < 4.78 is 13.7. The zero-order chi connectivity index (χ0) is 18.6. The van der Waals surface area contributed by atoms with E-state index in [0.717, 1.165) is 5.56 Å². The molecular weight excluding hydrogens is 319 g/mol. The molecule has 4 nitrogen and oxygen atoms in total. The van der Waals surface area contributed by atoms with E-state index in [-0.39, 0.29) is 23.6 Å². The third-order valence-electron chi connectivity index (χ3n) is 3.83. The van der Waals surface area contributed by atoms with Gasteiger partial charge in [-0.05, 0) is 29.2 Å². The molecule has 0 aliphatic carbocycles. The Morgan fingerprint density at radius 1 is 1.04 bits per heavy atom. The van der Waals surface area contributed by atoms with Gasteiger partial charge in [-0.1, -0.05) is 51.1 Å². The van der Waals surface area contributed by atoms with Crippen LogP contribution >= 0.6 is 0 Å². The van der Waals surface area contributed by atoms with E-state index in [4.69, 9.17) is 0 Å². The van der Waals surface area contributed by atoms with Gasteiger partial charge >= 0.3 is 0 Å². The van der Waals surface area contributed by atoms with Crippen LogP contribution < -0.4 is 10.2 Å². The molecule has 0 aliphatic rings. The number of hydrogen-bond donors (Lipinski definition) is 1. The van der Waals surface area contributed by atoms with Gasteiger partial charge in [-0.2, -0.15) is 0 Å². The highest BCUT2D eigenvalue weighted by Gasteiger charge is 2.24. The highest BCUT2D eigenvalue weighted by molar-refractivity contribution is 6.02. The molecule has 0 heterocycles. The fourth-order valence-corrected chi connectivity index (χ4v) is 2.61. The molecular formula is C20H23FN2O2. The number of carbonyl (C=O) groups is 2. The van der Waals surface area contributed by atoms with E-state index in [2.05, 4.69) is 5.32 Å². The largest absolute Gasteiger partial charge is 0.322 e. The number of halogens is 1. The Morgan fingerprint density at radius 3 is 2.24 bits per heavy atom. The van der Waals surface area contributed by atoms with Gasteiger partial charge in [0.25, 0.3) is 0 Å². The standard InChI is InChI=1S/C20H23FN2O2/c1-14(24)23(18-12-8-5-9-15(18)20(2,3)4)13-19(25)22-17-11-7-6-10-16(17)21/h5-12H,13H2,1-4H3,(H,22,25). The maximum atomic E-state index is 13.7. The van der Waals surface area contributed by atoms with Crippen LogP contribution in [0, 0.1) is 5.82 Å². The predicted molar refractivity (Wildman–Crippen MR) is 98.2 cm³/mol. The number of amides is 2. The van der Waals surface area contributed by atoms with Crippen molar-refractivity contribution in [3.63, 3.8) is 0 Å². The van der Waals surface area contributed by atoms with Gasteiger partial charge in [0.05, 0.1) is 5.69 Å². The zero-order valence-corrected chi connectivity index (χ0v) is 15.0. The van der Waals surface area contributed by atoms with E-state index in [0.29, 0.717) is 5.69 Å². The average molecular weight is 342 g/mol. The average Bonchev–Trinajstić information content (AvgIpc) is 2.54. The van der Waals surface area contributed by atoms with Gasteiger partial charge in [-0.3, -0.25) is 9.59 Å². The molecule has 2 amide bonds. The second-order valence-electron chi connectivity index (χ2n) is 6.90. The van der Waals surface area contributed by atoms with Crippen molar-refractivity contribution in [1.82, 2.24) is 0 Å². The fourth-order valence-electron chi connectivity index (χ4n) is 2.61. The molecule has 2 aromatic carbocycles. The first-order valence-corrected chi connectivity index (χ1v) is 8.12. The Labute approximate surface area is 147 Å². The van der Waals surface area contributed by atoms with Crippen molar-refractivity contribution in [1.29, 1.82) is 0 Å². The third kappa shape index (κ3) is 4.66. The van der Waals surface area contributed by atoms with E-state index in [1.54, 1.807) is 12.1 Å². The monoisotopic (exact) mass is 342 g/mol. The molecule has 0 aliphatic heterocycles. The van der Waals surface area contributed by atoms with Gasteiger partial charge in [-0.15, -0.1) is 0 Å². The molecule has 2 aromatic rings. The molecule has 0 spiro atoms. The van der Waals surface area contributed by atoms with E-state index < -0.39 is 11.7 Å². The summed E-state index contributed by atoms with van der Waals surface area (Å²) in [5, 5.41) is 2.52. The number of nitrogens with one attached hydrogen (secondary N) is 1. The van der Waals surface area contributed by atoms with Crippen LogP contribution in [0.1, 0.15) is 33.3 Å². The second-order valence-corrected chi connectivity index (χ2v) is 6.90. The van der Waals surface area contributed by atoms with Crippen LogP contribution in [0.3, 0.4) is 0 Å². The minimum absolute atomic E-state index is 0.0973. The van der Waals surface area contributed by atoms with Crippen LogP contribution in [0.2, 0.25) is 0 Å². The molecule has 0 saturated heterocycles. The topological polar surface area (TPSA) is 49.4 Å². The molecule has 132 valence electrons. The first kappa shape index (κ1) is 18.6. The Kier molecular flexibility index (Phi) is 5.57. The van der Waals surface area contributed by atoms with Crippen molar-refractivity contribution < 1.29 is 14.0 Å². The minimum Gasteiger partial charge on any atom is -0.322 e. The molecule has 0 aromatic heterocycles. The van der Waals surface area contributed by atoms with Gasteiger partial charge in [0.1, 0.15) is 12.4 Å². The van der Waals surface area contributed by atoms with Crippen molar-refractivity contribution in [3.05, 3.63) is 59.9 Å². The Morgan fingerprint density at radius 2 is 1.64 bits per heavy atom. The summed E-state index contributed by atoms with van der Waals surface area (Å²) >= 11 is 0. The lowest BCUT2D eigenvalue weighted by Gasteiger charge is -2.29. The van der Waals surface area contributed by atoms with Gasteiger partial charge in [0, 0.05) is 12.6 Å². The summed E-state index contributed by atoms with van der Waals surface area (Å²) in [6, 6.07) is 13.4. The second kappa shape index (κ2) is 7.47. The summed E-state index contributed by atoms with van der Waals surface area (Å²) in [7, 11) is 0. The van der Waals surface area contributed by atoms with Crippen LogP contribution in [-0.4, -0.2) is 18.4 Å². The lowest BCUT2D eigenvalue weighted by atomic mass is 9.85. The van der Waals surface area contributed by atoms with E-state index >= 15 is 0 Å². The smallest absolute Gasteiger partial charge is 0.244 e. The van der Waals surface area contributed by atoms with Crippen molar-refractivity contribution in [2.45, 2.75) is 33.1 Å². The predicted octanol–water partition coefficient (Wildman–Crippen LogP) is 4.11. The van der Waals surface area contributed by atoms with Crippen molar-refractivity contribution >= 4 is 23.2 Å². The maximum Gasteiger partial charge on any atom is 0.244 e. The lowest BCUT2D eigenvalue weighted by molar-refractivity contribution is -0.120. The van der Waals surface area contributed by atoms with Gasteiger partial charge in [0.2, 0.25) is 11.8 Å². The first-order chi connectivity index (χ1) is 11.7. The highest BCUT2D eigenvalue weighted by atomic mass is 19.1. The quantitative estimate of drug-likeness (QED) is 0.909. The molecule has 0 saturated carbocycles. The van der Waals surface area contributed by atoms with E-state index in [1.165, 1.54) is 24.0 Å².